The molecule has 1 heterocycles. The molecule has 13 rings (SSSR count). The van der Waals surface area contributed by atoms with Crippen LogP contribution in [0.15, 0.2) is 212 Å². The molecular formula is C75H74N2. The highest BCUT2D eigenvalue weighted by atomic mass is 15.1. The summed E-state index contributed by atoms with van der Waals surface area (Å²) in [5.74, 6) is 0.368. The zero-order valence-corrected chi connectivity index (χ0v) is 46.6. The molecular weight excluding hydrogens is 929 g/mol. The number of benzene rings is 8. The first-order valence-corrected chi connectivity index (χ1v) is 28.6. The lowest BCUT2D eigenvalue weighted by Crippen LogP contribution is -2.14. The Labute approximate surface area is 459 Å². The number of fused-ring (bicyclic) bond motifs is 9. The number of para-hydroxylation sites is 1. The molecule has 0 fully saturated rings. The van der Waals surface area contributed by atoms with Crippen LogP contribution in [0, 0.1) is 6.92 Å². The summed E-state index contributed by atoms with van der Waals surface area (Å²) < 4.78 is 2.74. The van der Waals surface area contributed by atoms with E-state index in [1.54, 1.807) is 0 Å². The Balaban J connectivity index is 0.000000740. The predicted molar refractivity (Wildman–Crippen MR) is 333 cm³/mol. The zero-order valence-electron chi connectivity index (χ0n) is 46.6. The van der Waals surface area contributed by atoms with Crippen LogP contribution < -0.4 is 4.90 Å². The molecule has 0 aliphatic heterocycles. The van der Waals surface area contributed by atoms with E-state index in [2.05, 4.69) is 231 Å². The van der Waals surface area contributed by atoms with Gasteiger partial charge in [0.1, 0.15) is 0 Å². The maximum Gasteiger partial charge on any atom is 0.0571 e. The molecule has 2 atom stereocenters. The van der Waals surface area contributed by atoms with Gasteiger partial charge < -0.3 is 9.47 Å². The smallest absolute Gasteiger partial charge is 0.0571 e. The predicted octanol–water partition coefficient (Wildman–Crippen LogP) is 21.7. The lowest BCUT2D eigenvalue weighted by atomic mass is 9.82. The molecule has 384 valence electrons. The SMILES string of the molecule is C/C=C\C=C/C.CC.CCC1c2ccccc2-c2cccc(-c3cccc(N(c4ccc(-c5ccc6c(c5)-c5ccccc5C6(C)C)cc4)c4ccc(-c5cccc6c7c(n(C8CC=CCC8)c56)CCC=C7)cc4)c3C)c21. The fourth-order valence-electron chi connectivity index (χ4n) is 13.3. The summed E-state index contributed by atoms with van der Waals surface area (Å²) in [6.45, 7) is 17.4. The number of aromatic nitrogens is 1. The number of hydrogen-bond acceptors (Lipinski definition) is 1. The maximum atomic E-state index is 2.74. The van der Waals surface area contributed by atoms with E-state index in [9.17, 15) is 0 Å². The minimum atomic E-state index is -0.0153. The molecule has 2 unspecified atom stereocenters. The molecule has 2 nitrogen and oxygen atoms in total. The maximum absolute atomic E-state index is 2.74. The van der Waals surface area contributed by atoms with Gasteiger partial charge >= 0.3 is 0 Å². The number of nitrogens with zero attached hydrogens (tertiary/aromatic N) is 2. The van der Waals surface area contributed by atoms with Gasteiger partial charge in [-0.15, -0.1) is 0 Å². The number of hydrogen-bond donors (Lipinski definition) is 0. The lowest BCUT2D eigenvalue weighted by molar-refractivity contribution is 0.460. The summed E-state index contributed by atoms with van der Waals surface area (Å²) in [6, 6.07) is 65.2. The summed E-state index contributed by atoms with van der Waals surface area (Å²) in [5.41, 5.74) is 27.9. The van der Waals surface area contributed by atoms with Gasteiger partial charge in [-0.2, -0.15) is 0 Å². The van der Waals surface area contributed by atoms with Crippen molar-refractivity contribution in [3.05, 3.63) is 251 Å². The first kappa shape index (κ1) is 51.2. The van der Waals surface area contributed by atoms with Crippen LogP contribution in [0.4, 0.5) is 17.1 Å². The molecule has 0 saturated carbocycles. The quantitative estimate of drug-likeness (QED) is 0.103. The van der Waals surface area contributed by atoms with Crippen molar-refractivity contribution in [3.63, 3.8) is 0 Å². The van der Waals surface area contributed by atoms with E-state index >= 15 is 0 Å². The molecule has 0 radical (unpaired) electrons. The van der Waals surface area contributed by atoms with Gasteiger partial charge in [-0.3, -0.25) is 0 Å². The average Bonchev–Trinajstić information content (AvgIpc) is 4.18. The Bertz CT molecular complexity index is 3730. The number of anilines is 3. The van der Waals surface area contributed by atoms with Crippen LogP contribution in [0.3, 0.4) is 0 Å². The van der Waals surface area contributed by atoms with Crippen LogP contribution in [0.1, 0.15) is 132 Å². The summed E-state index contributed by atoms with van der Waals surface area (Å²) in [4.78, 5) is 2.49. The van der Waals surface area contributed by atoms with Crippen molar-refractivity contribution in [2.45, 2.75) is 111 Å². The van der Waals surface area contributed by atoms with Crippen molar-refractivity contribution in [2.75, 3.05) is 4.90 Å². The summed E-state index contributed by atoms with van der Waals surface area (Å²) in [6.07, 6.45) is 24.2. The molecule has 2 heteroatoms. The molecule has 77 heavy (non-hydrogen) atoms. The Kier molecular flexibility index (Phi) is 14.6. The average molecular weight is 1000 g/mol. The molecule has 8 aromatic carbocycles. The molecule has 9 aromatic rings. The molecule has 1 aromatic heterocycles. The molecule has 4 aliphatic carbocycles. The number of rotatable bonds is 9. The Hall–Kier alpha value is -7.94. The van der Waals surface area contributed by atoms with E-state index in [4.69, 9.17) is 0 Å². The molecule has 0 saturated heterocycles. The molecule has 0 spiro atoms. The standard InChI is InChI=1S/C67H58N2.C6H10.C2H6/c1-5-50-53-20-9-10-21-54(53)58-27-16-26-57(65(50)58)51-24-17-31-63(43(51)2)68(48-37-32-44(33-38-48)46-36-41-62-60(42-46)55-22-11-13-29-61(55)67(62,3)4)49-39-34-45(35-40-49)52-25-15-28-59-56-23-12-14-30-64(56)69(66(52)59)47-18-7-6-8-19-47;1-3-5-6-4-2;1-2/h6-7,9-13,15-17,20-29,31-42,47,50H,5,8,14,18-19,30H2,1-4H3;3-6H,1-2H3;1-2H3/b;5-3-,6-4-;. The summed E-state index contributed by atoms with van der Waals surface area (Å²) in [5, 5.41) is 1.38. The summed E-state index contributed by atoms with van der Waals surface area (Å²) in [7, 11) is 0. The molecule has 0 bridgehead atoms. The van der Waals surface area contributed by atoms with Crippen LogP contribution in [-0.4, -0.2) is 4.57 Å². The fourth-order valence-corrected chi connectivity index (χ4v) is 13.3. The van der Waals surface area contributed by atoms with E-state index in [1.165, 1.54) is 118 Å². The third-order valence-corrected chi connectivity index (χ3v) is 16.9. The van der Waals surface area contributed by atoms with Gasteiger partial charge in [0, 0.05) is 56.6 Å². The minimum Gasteiger partial charge on any atom is -0.340 e. The van der Waals surface area contributed by atoms with Crippen molar-refractivity contribution in [1.82, 2.24) is 4.57 Å². The van der Waals surface area contributed by atoms with Crippen molar-refractivity contribution >= 4 is 34.0 Å². The van der Waals surface area contributed by atoms with Crippen LogP contribution in [0.25, 0.3) is 72.6 Å². The van der Waals surface area contributed by atoms with E-state index in [0.29, 0.717) is 12.0 Å². The van der Waals surface area contributed by atoms with Crippen LogP contribution >= 0.6 is 0 Å². The van der Waals surface area contributed by atoms with E-state index in [-0.39, 0.29) is 5.41 Å². The fraction of sp³-hybridized carbons (Fsp3) is 0.227. The Morgan fingerprint density at radius 1 is 0.571 bits per heavy atom. The second-order valence-corrected chi connectivity index (χ2v) is 21.5. The highest BCUT2D eigenvalue weighted by Crippen LogP contribution is 2.53. The van der Waals surface area contributed by atoms with Gasteiger partial charge in [-0.05, 0) is 174 Å². The first-order valence-electron chi connectivity index (χ1n) is 28.6. The minimum absolute atomic E-state index is 0.0153. The third-order valence-electron chi connectivity index (χ3n) is 16.9. The molecule has 0 amide bonds. The van der Waals surface area contributed by atoms with Crippen LogP contribution in [0.5, 0.6) is 0 Å². The highest BCUT2D eigenvalue weighted by molar-refractivity contribution is 6.01. The van der Waals surface area contributed by atoms with Gasteiger partial charge in [-0.25, -0.2) is 0 Å². The topological polar surface area (TPSA) is 8.17 Å². The van der Waals surface area contributed by atoms with Gasteiger partial charge in [0.25, 0.3) is 0 Å². The Morgan fingerprint density at radius 3 is 1.90 bits per heavy atom. The zero-order chi connectivity index (χ0) is 53.2. The van der Waals surface area contributed by atoms with E-state index in [0.717, 1.165) is 43.5 Å². The lowest BCUT2D eigenvalue weighted by Gasteiger charge is -2.29. The van der Waals surface area contributed by atoms with Gasteiger partial charge in [0.05, 0.1) is 5.52 Å². The Morgan fingerprint density at radius 2 is 1.18 bits per heavy atom. The van der Waals surface area contributed by atoms with E-state index < -0.39 is 0 Å². The number of allylic oxidation sites excluding steroid dienone is 7. The van der Waals surface area contributed by atoms with Crippen molar-refractivity contribution in [3.8, 4) is 55.6 Å². The van der Waals surface area contributed by atoms with Crippen LogP contribution in [0.2, 0.25) is 0 Å². The molecule has 4 aliphatic rings. The normalized spacial score (nSPS) is 16.3. The van der Waals surface area contributed by atoms with Gasteiger partial charge in [0.2, 0.25) is 0 Å². The largest absolute Gasteiger partial charge is 0.340 e. The monoisotopic (exact) mass is 1000 g/mol. The van der Waals surface area contributed by atoms with Gasteiger partial charge in [-0.1, -0.05) is 217 Å². The molecule has 0 N–H and O–H groups in total. The van der Waals surface area contributed by atoms with Crippen molar-refractivity contribution < 1.29 is 0 Å². The first-order chi connectivity index (χ1) is 37.8. The van der Waals surface area contributed by atoms with Gasteiger partial charge in [0.15, 0.2) is 0 Å². The van der Waals surface area contributed by atoms with Crippen molar-refractivity contribution in [2.24, 2.45) is 0 Å². The third kappa shape index (κ3) is 9.06. The second-order valence-electron chi connectivity index (χ2n) is 21.5. The highest BCUT2D eigenvalue weighted by Gasteiger charge is 2.36. The van der Waals surface area contributed by atoms with Crippen LogP contribution in [-0.2, 0) is 11.8 Å². The second kappa shape index (κ2) is 22.0. The summed E-state index contributed by atoms with van der Waals surface area (Å²) >= 11 is 0. The van der Waals surface area contributed by atoms with E-state index in [1.807, 2.05) is 52.0 Å². The van der Waals surface area contributed by atoms with Crippen molar-refractivity contribution in [1.29, 1.82) is 0 Å².